The van der Waals surface area contributed by atoms with Crippen LogP contribution in [-0.4, -0.2) is 40.3 Å². The summed E-state index contributed by atoms with van der Waals surface area (Å²) in [7, 11) is 0. The van der Waals surface area contributed by atoms with Gasteiger partial charge in [0.25, 0.3) is 5.91 Å². The van der Waals surface area contributed by atoms with Crippen molar-refractivity contribution in [3.05, 3.63) is 0 Å². The fourth-order valence-corrected chi connectivity index (χ4v) is 7.35. The molecule has 5 heteroatoms. The molecule has 0 aromatic rings. The Labute approximate surface area is 155 Å². The minimum Gasteiger partial charge on any atom is -0.455 e. The van der Waals surface area contributed by atoms with E-state index in [2.05, 4.69) is 13.8 Å². The highest BCUT2D eigenvalue weighted by molar-refractivity contribution is 6.24. The number of rotatable bonds is 3. The zero-order valence-corrected chi connectivity index (χ0v) is 16.2. The molecule has 0 spiro atoms. The maximum absolute atomic E-state index is 12.9. The van der Waals surface area contributed by atoms with Gasteiger partial charge < -0.3 is 9.64 Å². The van der Waals surface area contributed by atoms with E-state index in [-0.39, 0.29) is 35.4 Å². The van der Waals surface area contributed by atoms with E-state index in [1.807, 2.05) is 4.90 Å². The predicted molar refractivity (Wildman–Crippen MR) is 96.3 cm³/mol. The van der Waals surface area contributed by atoms with Crippen molar-refractivity contribution >= 4 is 23.5 Å². The minimum absolute atomic E-state index is 0.0432. The summed E-state index contributed by atoms with van der Waals surface area (Å²) in [5.41, 5.74) is -0.425. The van der Waals surface area contributed by atoms with Crippen molar-refractivity contribution in [2.45, 2.75) is 88.6 Å². The summed E-state index contributed by atoms with van der Waals surface area (Å²) < 4.78 is 5.59. The monoisotopic (exact) mass is 367 g/mol. The maximum atomic E-state index is 12.9. The number of ether oxygens (including phenoxy) is 1. The molecule has 4 aliphatic carbocycles. The second-order valence-electron chi connectivity index (χ2n) is 9.40. The van der Waals surface area contributed by atoms with Crippen molar-refractivity contribution in [1.29, 1.82) is 0 Å². The van der Waals surface area contributed by atoms with Crippen LogP contribution in [0.5, 0.6) is 0 Å². The first-order chi connectivity index (χ1) is 11.8. The third-order valence-corrected chi connectivity index (χ3v) is 7.67. The number of amides is 1. The highest BCUT2D eigenvalue weighted by Crippen LogP contribution is 2.64. The van der Waals surface area contributed by atoms with Gasteiger partial charge in [-0.25, -0.2) is 0 Å². The van der Waals surface area contributed by atoms with Gasteiger partial charge in [-0.15, -0.1) is 11.6 Å². The van der Waals surface area contributed by atoms with Crippen molar-refractivity contribution in [3.63, 3.8) is 0 Å². The molecule has 0 aromatic carbocycles. The third-order valence-electron chi connectivity index (χ3n) is 7.23. The standard InChI is InChI=1S/C20H30ClNO3/c1-13-4-3-5-14(2)22(13)17(23)11-25-18(24)19-7-15-6-16(8-19)10-20(21,9-15)12-19/h13-16H,3-12H2,1-2H3/t13-,14-,15+,16+,19?,20?/m0/s1. The molecular formula is C20H30ClNO3. The van der Waals surface area contributed by atoms with Gasteiger partial charge in [-0.1, -0.05) is 0 Å². The molecule has 0 N–H and O–H groups in total. The van der Waals surface area contributed by atoms with Gasteiger partial charge in [0, 0.05) is 17.0 Å². The van der Waals surface area contributed by atoms with Crippen LogP contribution in [0.1, 0.15) is 71.6 Å². The molecule has 4 bridgehead atoms. The van der Waals surface area contributed by atoms with E-state index in [0.29, 0.717) is 11.8 Å². The number of hydrogen-bond acceptors (Lipinski definition) is 3. The van der Waals surface area contributed by atoms with Crippen LogP contribution < -0.4 is 0 Å². The first-order valence-corrected chi connectivity index (χ1v) is 10.4. The summed E-state index contributed by atoms with van der Waals surface area (Å²) in [6, 6.07) is 0.473. The van der Waals surface area contributed by atoms with Crippen LogP contribution in [0.25, 0.3) is 0 Å². The van der Waals surface area contributed by atoms with Gasteiger partial charge >= 0.3 is 5.97 Å². The lowest BCUT2D eigenvalue weighted by atomic mass is 9.49. The van der Waals surface area contributed by atoms with Crippen LogP contribution in [0.3, 0.4) is 0 Å². The number of piperidine rings is 1. The van der Waals surface area contributed by atoms with Gasteiger partial charge in [0.2, 0.25) is 0 Å². The summed E-state index contributed by atoms with van der Waals surface area (Å²) in [6.45, 7) is 4.07. The topological polar surface area (TPSA) is 46.6 Å². The Morgan fingerprint density at radius 1 is 1.08 bits per heavy atom. The van der Waals surface area contributed by atoms with E-state index >= 15 is 0 Å². The molecule has 0 aromatic heterocycles. The highest BCUT2D eigenvalue weighted by Gasteiger charge is 2.60. The van der Waals surface area contributed by atoms with E-state index in [9.17, 15) is 9.59 Å². The Kier molecular flexibility index (Phi) is 4.33. The lowest BCUT2D eigenvalue weighted by Gasteiger charge is -2.58. The number of alkyl halides is 1. The Balaban J connectivity index is 1.40. The van der Waals surface area contributed by atoms with Crippen LogP contribution >= 0.6 is 11.6 Å². The molecule has 1 saturated heterocycles. The van der Waals surface area contributed by atoms with Crippen molar-refractivity contribution in [1.82, 2.24) is 4.90 Å². The summed E-state index contributed by atoms with van der Waals surface area (Å²) >= 11 is 6.80. The number of hydrogen-bond donors (Lipinski definition) is 0. The first-order valence-electron chi connectivity index (χ1n) is 9.98. The Morgan fingerprint density at radius 2 is 1.68 bits per heavy atom. The smallest absolute Gasteiger partial charge is 0.312 e. The molecule has 0 unspecified atom stereocenters. The molecule has 4 nitrogen and oxygen atoms in total. The SMILES string of the molecule is C[C@H]1CCC[C@H](C)N1C(=O)COC(=O)C12C[C@H]3C[C@@H](CC(Cl)(C3)C1)C2. The Morgan fingerprint density at radius 3 is 2.24 bits per heavy atom. The average Bonchev–Trinajstić information content (AvgIpc) is 2.50. The molecule has 5 aliphatic rings. The van der Waals surface area contributed by atoms with Crippen molar-refractivity contribution in [3.8, 4) is 0 Å². The molecule has 140 valence electrons. The van der Waals surface area contributed by atoms with Gasteiger partial charge in [0.1, 0.15) is 0 Å². The lowest BCUT2D eigenvalue weighted by molar-refractivity contribution is -0.174. The van der Waals surface area contributed by atoms with Gasteiger partial charge in [-0.2, -0.15) is 0 Å². The van der Waals surface area contributed by atoms with E-state index in [1.54, 1.807) is 0 Å². The molecule has 5 fully saturated rings. The summed E-state index contributed by atoms with van der Waals surface area (Å²) in [5, 5.41) is 0. The van der Waals surface area contributed by atoms with E-state index in [4.69, 9.17) is 16.3 Å². The van der Waals surface area contributed by atoms with Crippen LogP contribution in [-0.2, 0) is 14.3 Å². The van der Waals surface area contributed by atoms with Gasteiger partial charge in [0.15, 0.2) is 6.61 Å². The minimum atomic E-state index is -0.425. The first kappa shape index (κ1) is 17.6. The van der Waals surface area contributed by atoms with Crippen LogP contribution in [0.4, 0.5) is 0 Å². The van der Waals surface area contributed by atoms with Crippen LogP contribution in [0, 0.1) is 17.3 Å². The number of esters is 1. The molecule has 1 aliphatic heterocycles. The van der Waals surface area contributed by atoms with E-state index < -0.39 is 5.41 Å². The third kappa shape index (κ3) is 3.09. The molecule has 4 saturated carbocycles. The predicted octanol–water partition coefficient (Wildman–Crippen LogP) is 3.90. The molecule has 1 heterocycles. The lowest BCUT2D eigenvalue weighted by Crippen LogP contribution is -2.56. The van der Waals surface area contributed by atoms with Gasteiger partial charge in [0.05, 0.1) is 5.41 Å². The number of carbonyl (C=O) groups is 2. The molecule has 25 heavy (non-hydrogen) atoms. The zero-order chi connectivity index (χ0) is 17.8. The van der Waals surface area contributed by atoms with Gasteiger partial charge in [-0.05, 0) is 83.5 Å². The van der Waals surface area contributed by atoms with E-state index in [1.165, 1.54) is 6.42 Å². The zero-order valence-electron chi connectivity index (χ0n) is 15.4. The van der Waals surface area contributed by atoms with Crippen molar-refractivity contribution in [2.24, 2.45) is 17.3 Å². The molecular weight excluding hydrogens is 338 g/mol. The van der Waals surface area contributed by atoms with Crippen molar-refractivity contribution < 1.29 is 14.3 Å². The molecule has 1 amide bonds. The summed E-state index contributed by atoms with van der Waals surface area (Å²) in [4.78, 5) is 27.3. The fraction of sp³-hybridized carbons (Fsp3) is 0.900. The second-order valence-corrected chi connectivity index (χ2v) is 10.2. The fourth-order valence-electron chi connectivity index (χ4n) is 6.66. The Hall–Kier alpha value is -0.770. The van der Waals surface area contributed by atoms with Crippen LogP contribution in [0.15, 0.2) is 0 Å². The normalized spacial score (nSPS) is 45.5. The van der Waals surface area contributed by atoms with Crippen LogP contribution in [0.2, 0.25) is 0 Å². The second kappa shape index (κ2) is 6.14. The molecule has 0 radical (unpaired) electrons. The quantitative estimate of drug-likeness (QED) is 0.561. The number of nitrogens with zero attached hydrogens (tertiary/aromatic N) is 1. The van der Waals surface area contributed by atoms with Crippen molar-refractivity contribution in [2.75, 3.05) is 6.61 Å². The number of halogens is 1. The van der Waals surface area contributed by atoms with E-state index in [0.717, 1.165) is 51.4 Å². The number of likely N-dealkylation sites (tertiary alicyclic amines) is 1. The highest BCUT2D eigenvalue weighted by atomic mass is 35.5. The summed E-state index contributed by atoms with van der Waals surface area (Å²) in [5.74, 6) is 0.906. The van der Waals surface area contributed by atoms with Gasteiger partial charge in [-0.3, -0.25) is 9.59 Å². The number of carbonyl (C=O) groups excluding carboxylic acids is 2. The average molecular weight is 368 g/mol. The molecule has 5 rings (SSSR count). The summed E-state index contributed by atoms with van der Waals surface area (Å²) in [6.07, 6.45) is 9.07. The largest absolute Gasteiger partial charge is 0.455 e. The molecule has 4 atom stereocenters. The maximum Gasteiger partial charge on any atom is 0.312 e. The Bertz CT molecular complexity index is 553.